The zero-order valence-corrected chi connectivity index (χ0v) is 16.6. The number of carbonyl (C=O) groups excluding carboxylic acids is 2. The summed E-state index contributed by atoms with van der Waals surface area (Å²) in [5, 5.41) is 2.77. The molecule has 2 aromatic rings. The van der Waals surface area contributed by atoms with Gasteiger partial charge in [-0.1, -0.05) is 29.8 Å². The normalized spacial score (nSPS) is 11.4. The van der Waals surface area contributed by atoms with Crippen LogP contribution in [0.5, 0.6) is 11.5 Å². The number of nitrogens with one attached hydrogen (secondary N) is 1. The smallest absolute Gasteiger partial charge is 0.306 e. The van der Waals surface area contributed by atoms with Crippen molar-refractivity contribution in [1.82, 2.24) is 5.32 Å². The van der Waals surface area contributed by atoms with Crippen molar-refractivity contribution in [3.63, 3.8) is 0 Å². The summed E-state index contributed by atoms with van der Waals surface area (Å²) < 4.78 is 15.8. The van der Waals surface area contributed by atoms with Gasteiger partial charge in [0.05, 0.1) is 13.7 Å². The molecular formula is C22H27NO5. The SMILES string of the molecule is COc1ccc(OCCCC(=O)O[C@@H](C)C(=O)NCc2ccc(C)cc2)cc1. The first-order chi connectivity index (χ1) is 13.5. The maximum atomic E-state index is 12.1. The molecule has 6 nitrogen and oxygen atoms in total. The van der Waals surface area contributed by atoms with Crippen molar-refractivity contribution in [1.29, 1.82) is 0 Å². The summed E-state index contributed by atoms with van der Waals surface area (Å²) in [7, 11) is 1.60. The van der Waals surface area contributed by atoms with Crippen LogP contribution in [0.25, 0.3) is 0 Å². The number of hydrogen-bond acceptors (Lipinski definition) is 5. The fourth-order valence-corrected chi connectivity index (χ4v) is 2.43. The summed E-state index contributed by atoms with van der Waals surface area (Å²) in [4.78, 5) is 24.0. The summed E-state index contributed by atoms with van der Waals surface area (Å²) in [6.45, 7) is 4.36. The molecule has 1 atom stereocenters. The Balaban J connectivity index is 1.62. The Bertz CT molecular complexity index is 756. The molecule has 0 aliphatic heterocycles. The number of aryl methyl sites for hydroxylation is 1. The van der Waals surface area contributed by atoms with Gasteiger partial charge in [-0.3, -0.25) is 9.59 Å². The topological polar surface area (TPSA) is 73.9 Å². The minimum atomic E-state index is -0.833. The number of esters is 1. The van der Waals surface area contributed by atoms with Crippen LogP contribution in [0.1, 0.15) is 30.9 Å². The monoisotopic (exact) mass is 385 g/mol. The molecule has 150 valence electrons. The highest BCUT2D eigenvalue weighted by Gasteiger charge is 2.17. The fourth-order valence-electron chi connectivity index (χ4n) is 2.43. The molecular weight excluding hydrogens is 358 g/mol. The Morgan fingerprint density at radius 1 is 1.00 bits per heavy atom. The molecule has 2 rings (SSSR count). The van der Waals surface area contributed by atoms with Crippen LogP contribution in [0.2, 0.25) is 0 Å². The van der Waals surface area contributed by atoms with Crippen LogP contribution in [0.4, 0.5) is 0 Å². The minimum absolute atomic E-state index is 0.186. The molecule has 0 radical (unpaired) electrons. The molecule has 0 heterocycles. The predicted molar refractivity (Wildman–Crippen MR) is 106 cm³/mol. The summed E-state index contributed by atoms with van der Waals surface area (Å²) in [6.07, 6.45) is -0.144. The zero-order chi connectivity index (χ0) is 20.4. The molecule has 0 aromatic heterocycles. The van der Waals surface area contributed by atoms with Gasteiger partial charge in [0.1, 0.15) is 11.5 Å². The van der Waals surface area contributed by atoms with Gasteiger partial charge in [0.15, 0.2) is 6.10 Å². The van der Waals surface area contributed by atoms with E-state index >= 15 is 0 Å². The van der Waals surface area contributed by atoms with Gasteiger partial charge in [-0.2, -0.15) is 0 Å². The van der Waals surface area contributed by atoms with E-state index in [1.54, 1.807) is 38.3 Å². The highest BCUT2D eigenvalue weighted by atomic mass is 16.5. The van der Waals surface area contributed by atoms with Gasteiger partial charge in [0, 0.05) is 13.0 Å². The molecule has 6 heteroatoms. The third-order valence-corrected chi connectivity index (χ3v) is 4.12. The summed E-state index contributed by atoms with van der Waals surface area (Å²) in [5.74, 6) is 0.725. The van der Waals surface area contributed by atoms with Gasteiger partial charge in [-0.05, 0) is 50.1 Å². The fraction of sp³-hybridized carbons (Fsp3) is 0.364. The summed E-state index contributed by atoms with van der Waals surface area (Å²) in [5.41, 5.74) is 2.15. The lowest BCUT2D eigenvalue weighted by Crippen LogP contribution is -2.35. The minimum Gasteiger partial charge on any atom is -0.497 e. The van der Waals surface area contributed by atoms with Gasteiger partial charge in [0.25, 0.3) is 5.91 Å². The Kier molecular flexibility index (Phi) is 8.34. The van der Waals surface area contributed by atoms with E-state index < -0.39 is 12.1 Å². The average molecular weight is 385 g/mol. The van der Waals surface area contributed by atoms with Crippen molar-refractivity contribution in [3.05, 3.63) is 59.7 Å². The van der Waals surface area contributed by atoms with E-state index in [0.29, 0.717) is 25.3 Å². The van der Waals surface area contributed by atoms with Gasteiger partial charge in [0.2, 0.25) is 0 Å². The molecule has 1 N–H and O–H groups in total. The number of ether oxygens (including phenoxy) is 3. The molecule has 0 aliphatic carbocycles. The number of rotatable bonds is 10. The number of carbonyl (C=O) groups is 2. The van der Waals surface area contributed by atoms with Gasteiger partial charge in [-0.25, -0.2) is 0 Å². The molecule has 2 aromatic carbocycles. The Morgan fingerprint density at radius 3 is 2.29 bits per heavy atom. The standard InChI is InChI=1S/C22H27NO5/c1-16-6-8-18(9-7-16)15-23-22(25)17(2)28-21(24)5-4-14-27-20-12-10-19(26-3)11-13-20/h6-13,17H,4-5,14-15H2,1-3H3,(H,23,25)/t17-/m0/s1. The maximum absolute atomic E-state index is 12.1. The maximum Gasteiger partial charge on any atom is 0.306 e. The van der Waals surface area contributed by atoms with Crippen LogP contribution < -0.4 is 14.8 Å². The molecule has 0 aliphatic rings. The van der Waals surface area contributed by atoms with Gasteiger partial charge in [-0.15, -0.1) is 0 Å². The van der Waals surface area contributed by atoms with Crippen molar-refractivity contribution >= 4 is 11.9 Å². The lowest BCUT2D eigenvalue weighted by Gasteiger charge is -2.14. The number of amides is 1. The van der Waals surface area contributed by atoms with E-state index in [-0.39, 0.29) is 12.3 Å². The lowest BCUT2D eigenvalue weighted by molar-refractivity contribution is -0.155. The molecule has 0 unspecified atom stereocenters. The molecule has 1 amide bonds. The van der Waals surface area contributed by atoms with Crippen LogP contribution in [-0.4, -0.2) is 31.7 Å². The lowest BCUT2D eigenvalue weighted by atomic mass is 10.1. The highest BCUT2D eigenvalue weighted by Crippen LogP contribution is 2.17. The first-order valence-electron chi connectivity index (χ1n) is 9.27. The van der Waals surface area contributed by atoms with Crippen LogP contribution in [0, 0.1) is 6.92 Å². The highest BCUT2D eigenvalue weighted by molar-refractivity contribution is 5.83. The third kappa shape index (κ3) is 7.31. The van der Waals surface area contributed by atoms with Crippen LogP contribution in [0.3, 0.4) is 0 Å². The molecule has 28 heavy (non-hydrogen) atoms. The molecule has 0 spiro atoms. The summed E-state index contributed by atoms with van der Waals surface area (Å²) in [6, 6.07) is 15.1. The largest absolute Gasteiger partial charge is 0.497 e. The molecule has 0 saturated heterocycles. The Morgan fingerprint density at radius 2 is 1.64 bits per heavy atom. The Hall–Kier alpha value is -3.02. The van der Waals surface area contributed by atoms with Crippen molar-refractivity contribution in [3.8, 4) is 11.5 Å². The predicted octanol–water partition coefficient (Wildman–Crippen LogP) is 3.41. The van der Waals surface area contributed by atoms with E-state index in [2.05, 4.69) is 5.32 Å². The van der Waals surface area contributed by atoms with Crippen LogP contribution in [0.15, 0.2) is 48.5 Å². The van der Waals surface area contributed by atoms with E-state index in [0.717, 1.165) is 16.9 Å². The number of methoxy groups -OCH3 is 1. The van der Waals surface area contributed by atoms with Crippen molar-refractivity contribution in [2.45, 2.75) is 39.3 Å². The molecule has 0 fully saturated rings. The quantitative estimate of drug-likeness (QED) is 0.501. The first-order valence-corrected chi connectivity index (χ1v) is 9.27. The first kappa shape index (κ1) is 21.3. The number of benzene rings is 2. The van der Waals surface area contributed by atoms with Gasteiger partial charge < -0.3 is 19.5 Å². The van der Waals surface area contributed by atoms with Crippen LogP contribution in [-0.2, 0) is 20.9 Å². The van der Waals surface area contributed by atoms with E-state index in [4.69, 9.17) is 14.2 Å². The average Bonchev–Trinajstić information content (AvgIpc) is 2.71. The van der Waals surface area contributed by atoms with E-state index in [9.17, 15) is 9.59 Å². The second-order valence-corrected chi connectivity index (χ2v) is 6.46. The summed E-state index contributed by atoms with van der Waals surface area (Å²) >= 11 is 0. The number of hydrogen-bond donors (Lipinski definition) is 1. The second kappa shape index (κ2) is 11.0. The van der Waals surface area contributed by atoms with E-state index in [1.807, 2.05) is 31.2 Å². The third-order valence-electron chi connectivity index (χ3n) is 4.12. The van der Waals surface area contributed by atoms with Crippen molar-refractivity contribution < 1.29 is 23.8 Å². The Labute approximate surface area is 165 Å². The van der Waals surface area contributed by atoms with Crippen molar-refractivity contribution in [2.75, 3.05) is 13.7 Å². The van der Waals surface area contributed by atoms with Crippen LogP contribution >= 0.6 is 0 Å². The molecule has 0 saturated carbocycles. The zero-order valence-electron chi connectivity index (χ0n) is 16.6. The van der Waals surface area contributed by atoms with E-state index in [1.165, 1.54) is 0 Å². The van der Waals surface area contributed by atoms with Crippen molar-refractivity contribution in [2.24, 2.45) is 0 Å². The second-order valence-electron chi connectivity index (χ2n) is 6.46. The molecule has 0 bridgehead atoms. The van der Waals surface area contributed by atoms with Gasteiger partial charge >= 0.3 is 5.97 Å².